The van der Waals surface area contributed by atoms with Crippen molar-refractivity contribution in [3.63, 3.8) is 0 Å². The second-order valence-electron chi connectivity index (χ2n) is 4.38. The third-order valence-electron chi connectivity index (χ3n) is 3.08. The highest BCUT2D eigenvalue weighted by Crippen LogP contribution is 2.34. The van der Waals surface area contributed by atoms with E-state index in [-0.39, 0.29) is 5.38 Å². The van der Waals surface area contributed by atoms with Crippen molar-refractivity contribution in [1.82, 2.24) is 0 Å². The van der Waals surface area contributed by atoms with Crippen LogP contribution in [0, 0.1) is 13.8 Å². The predicted molar refractivity (Wildman–Crippen MR) is 71.7 cm³/mol. The number of alkyl halides is 1. The Morgan fingerprint density at radius 2 is 1.94 bits per heavy atom. The van der Waals surface area contributed by atoms with E-state index in [1.807, 2.05) is 6.07 Å². The molecule has 0 amide bonds. The van der Waals surface area contributed by atoms with Gasteiger partial charge in [0.1, 0.15) is 5.76 Å². The largest absolute Gasteiger partial charge is 0.469 e. The van der Waals surface area contributed by atoms with Gasteiger partial charge in [-0.25, -0.2) is 0 Å². The van der Waals surface area contributed by atoms with E-state index in [0.29, 0.717) is 0 Å². The summed E-state index contributed by atoms with van der Waals surface area (Å²) in [5.41, 5.74) is 4.71. The minimum Gasteiger partial charge on any atom is -0.469 e. The van der Waals surface area contributed by atoms with Crippen LogP contribution in [0.5, 0.6) is 0 Å². The Morgan fingerprint density at radius 3 is 2.65 bits per heavy atom. The van der Waals surface area contributed by atoms with E-state index in [0.717, 1.165) is 17.7 Å². The summed E-state index contributed by atoms with van der Waals surface area (Å²) in [4.78, 5) is 0. The molecule has 1 atom stereocenters. The first-order chi connectivity index (χ1) is 8.13. The highest BCUT2D eigenvalue weighted by Gasteiger charge is 2.18. The van der Waals surface area contributed by atoms with Gasteiger partial charge in [-0.05, 0) is 31.0 Å². The Kier molecular flexibility index (Phi) is 3.58. The third kappa shape index (κ3) is 2.39. The quantitative estimate of drug-likeness (QED) is 0.712. The number of halogens is 1. The Morgan fingerprint density at radius 1 is 1.18 bits per heavy atom. The summed E-state index contributed by atoms with van der Waals surface area (Å²) in [6, 6.07) is 8.35. The molecule has 0 saturated carbocycles. The van der Waals surface area contributed by atoms with Crippen molar-refractivity contribution in [2.24, 2.45) is 0 Å². The molecule has 17 heavy (non-hydrogen) atoms. The molecular formula is C15H17ClO. The van der Waals surface area contributed by atoms with E-state index in [1.54, 1.807) is 6.26 Å². The Labute approximate surface area is 107 Å². The number of benzene rings is 1. The summed E-state index contributed by atoms with van der Waals surface area (Å²) >= 11 is 6.57. The number of furan rings is 1. The molecule has 1 aromatic carbocycles. The fourth-order valence-electron chi connectivity index (χ4n) is 2.06. The van der Waals surface area contributed by atoms with Crippen LogP contribution in [0.25, 0.3) is 0 Å². The molecule has 0 N–H and O–H groups in total. The lowest BCUT2D eigenvalue weighted by Crippen LogP contribution is -1.98. The summed E-state index contributed by atoms with van der Waals surface area (Å²) in [7, 11) is 0. The zero-order valence-corrected chi connectivity index (χ0v) is 11.2. The van der Waals surface area contributed by atoms with Crippen molar-refractivity contribution in [3.05, 3.63) is 58.5 Å². The molecule has 2 aromatic rings. The number of hydrogen-bond acceptors (Lipinski definition) is 1. The molecule has 0 aliphatic heterocycles. The predicted octanol–water partition coefficient (Wildman–Crippen LogP) is 4.79. The topological polar surface area (TPSA) is 13.1 Å². The van der Waals surface area contributed by atoms with Gasteiger partial charge < -0.3 is 4.42 Å². The molecule has 0 fully saturated rings. The molecular weight excluding hydrogens is 232 g/mol. The van der Waals surface area contributed by atoms with Gasteiger partial charge in [-0.2, -0.15) is 0 Å². The number of aryl methyl sites for hydroxylation is 3. The lowest BCUT2D eigenvalue weighted by molar-refractivity contribution is 0.512. The van der Waals surface area contributed by atoms with Crippen LogP contribution in [-0.4, -0.2) is 0 Å². The van der Waals surface area contributed by atoms with E-state index in [1.165, 1.54) is 16.7 Å². The SMILES string of the molecule is CCc1occc1C(Cl)c1cc(C)ccc1C. The van der Waals surface area contributed by atoms with Gasteiger partial charge in [-0.15, -0.1) is 11.6 Å². The van der Waals surface area contributed by atoms with Crippen LogP contribution in [0.4, 0.5) is 0 Å². The maximum Gasteiger partial charge on any atom is 0.108 e. The van der Waals surface area contributed by atoms with Gasteiger partial charge in [0.2, 0.25) is 0 Å². The van der Waals surface area contributed by atoms with E-state index >= 15 is 0 Å². The molecule has 1 heterocycles. The molecule has 0 spiro atoms. The summed E-state index contributed by atoms with van der Waals surface area (Å²) < 4.78 is 5.44. The normalized spacial score (nSPS) is 12.7. The van der Waals surface area contributed by atoms with Crippen molar-refractivity contribution in [2.45, 2.75) is 32.6 Å². The molecule has 1 aromatic heterocycles. The summed E-state index contributed by atoms with van der Waals surface area (Å²) in [5, 5.41) is -0.122. The molecule has 2 rings (SSSR count). The van der Waals surface area contributed by atoms with Crippen molar-refractivity contribution < 1.29 is 4.42 Å². The van der Waals surface area contributed by atoms with Gasteiger partial charge in [-0.3, -0.25) is 0 Å². The van der Waals surface area contributed by atoms with Gasteiger partial charge in [0.15, 0.2) is 0 Å². The van der Waals surface area contributed by atoms with E-state index < -0.39 is 0 Å². The maximum absolute atomic E-state index is 6.57. The van der Waals surface area contributed by atoms with Crippen LogP contribution in [0.1, 0.15) is 40.3 Å². The lowest BCUT2D eigenvalue weighted by atomic mass is 9.98. The highest BCUT2D eigenvalue weighted by atomic mass is 35.5. The third-order valence-corrected chi connectivity index (χ3v) is 3.55. The van der Waals surface area contributed by atoms with E-state index in [4.69, 9.17) is 16.0 Å². The Hall–Kier alpha value is -1.21. The van der Waals surface area contributed by atoms with Crippen LogP contribution < -0.4 is 0 Å². The molecule has 0 saturated heterocycles. The molecule has 1 unspecified atom stereocenters. The van der Waals surface area contributed by atoms with E-state index in [9.17, 15) is 0 Å². The lowest BCUT2D eigenvalue weighted by Gasteiger charge is -2.13. The minimum absolute atomic E-state index is 0.122. The molecule has 0 aliphatic carbocycles. The second-order valence-corrected chi connectivity index (χ2v) is 4.81. The van der Waals surface area contributed by atoms with Crippen LogP contribution in [-0.2, 0) is 6.42 Å². The molecule has 0 aliphatic rings. The van der Waals surface area contributed by atoms with Gasteiger partial charge in [0, 0.05) is 12.0 Å². The van der Waals surface area contributed by atoms with E-state index in [2.05, 4.69) is 39.0 Å². The van der Waals surface area contributed by atoms with Gasteiger partial charge in [0.05, 0.1) is 11.6 Å². The first-order valence-electron chi connectivity index (χ1n) is 5.91. The number of rotatable bonds is 3. The van der Waals surface area contributed by atoms with Crippen molar-refractivity contribution >= 4 is 11.6 Å². The standard InChI is InChI=1S/C15H17ClO/c1-4-14-12(7-8-17-14)15(16)13-9-10(2)5-6-11(13)3/h5-9,15H,4H2,1-3H3. The highest BCUT2D eigenvalue weighted by molar-refractivity contribution is 6.22. The fourth-order valence-corrected chi connectivity index (χ4v) is 2.49. The minimum atomic E-state index is -0.122. The van der Waals surface area contributed by atoms with Crippen LogP contribution in [0.2, 0.25) is 0 Å². The van der Waals surface area contributed by atoms with Crippen LogP contribution in [0.3, 0.4) is 0 Å². The first kappa shape index (κ1) is 12.3. The van der Waals surface area contributed by atoms with Crippen molar-refractivity contribution in [3.8, 4) is 0 Å². The van der Waals surface area contributed by atoms with Crippen LogP contribution >= 0.6 is 11.6 Å². The first-order valence-corrected chi connectivity index (χ1v) is 6.34. The molecule has 2 heteroatoms. The Bertz CT molecular complexity index is 513. The van der Waals surface area contributed by atoms with Crippen molar-refractivity contribution in [1.29, 1.82) is 0 Å². The van der Waals surface area contributed by atoms with Gasteiger partial charge in [0.25, 0.3) is 0 Å². The average Bonchev–Trinajstić information content (AvgIpc) is 2.79. The summed E-state index contributed by atoms with van der Waals surface area (Å²) in [6.07, 6.45) is 2.59. The molecule has 0 radical (unpaired) electrons. The number of hydrogen-bond donors (Lipinski definition) is 0. The second kappa shape index (κ2) is 4.97. The average molecular weight is 249 g/mol. The summed E-state index contributed by atoms with van der Waals surface area (Å²) in [5.74, 6) is 0.978. The van der Waals surface area contributed by atoms with Gasteiger partial charge >= 0.3 is 0 Å². The molecule has 90 valence electrons. The monoisotopic (exact) mass is 248 g/mol. The van der Waals surface area contributed by atoms with Crippen molar-refractivity contribution in [2.75, 3.05) is 0 Å². The summed E-state index contributed by atoms with van der Waals surface area (Å²) in [6.45, 7) is 6.26. The zero-order valence-electron chi connectivity index (χ0n) is 10.5. The molecule has 1 nitrogen and oxygen atoms in total. The van der Waals surface area contributed by atoms with Gasteiger partial charge in [-0.1, -0.05) is 30.7 Å². The Balaban J connectivity index is 2.43. The molecule has 0 bridgehead atoms. The fraction of sp³-hybridized carbons (Fsp3) is 0.333. The zero-order chi connectivity index (χ0) is 12.4. The maximum atomic E-state index is 6.57. The van der Waals surface area contributed by atoms with Crippen LogP contribution in [0.15, 0.2) is 34.9 Å². The smallest absolute Gasteiger partial charge is 0.108 e.